The number of aromatic nitrogens is 3. The predicted octanol–water partition coefficient (Wildman–Crippen LogP) is 3.25. The van der Waals surface area contributed by atoms with Crippen molar-refractivity contribution in [2.75, 3.05) is 19.5 Å². The maximum atomic E-state index is 5.28. The Morgan fingerprint density at radius 3 is 2.67 bits per heavy atom. The molecule has 0 saturated heterocycles. The molecule has 0 unspecified atom stereocenters. The third-order valence-electron chi connectivity index (χ3n) is 2.98. The Morgan fingerprint density at radius 1 is 1.10 bits per heavy atom. The Hall–Kier alpha value is -2.28. The first-order valence-corrected chi connectivity index (χ1v) is 7.00. The number of fused-ring (bicyclic) bond motifs is 1. The average Bonchev–Trinajstić information content (AvgIpc) is 2.88. The van der Waals surface area contributed by atoms with Crippen molar-refractivity contribution in [1.82, 2.24) is 14.6 Å². The van der Waals surface area contributed by atoms with Gasteiger partial charge in [0, 0.05) is 11.8 Å². The number of halogens is 1. The molecule has 0 spiro atoms. The second-order valence-electron chi connectivity index (χ2n) is 4.26. The van der Waals surface area contributed by atoms with Gasteiger partial charge in [-0.1, -0.05) is 0 Å². The Balaban J connectivity index is 1.92. The van der Waals surface area contributed by atoms with E-state index in [0.29, 0.717) is 17.3 Å². The number of methoxy groups -OCH3 is 2. The number of nitrogens with one attached hydrogen (secondary N) is 1. The molecular formula is C14H13BrN4O2. The molecule has 0 fully saturated rings. The summed E-state index contributed by atoms with van der Waals surface area (Å²) in [6, 6.07) is 9.35. The third kappa shape index (κ3) is 2.64. The molecule has 3 rings (SSSR count). The summed E-state index contributed by atoms with van der Waals surface area (Å²) < 4.78 is 13.0. The minimum atomic E-state index is 0.660. The first-order valence-electron chi connectivity index (χ1n) is 6.20. The van der Waals surface area contributed by atoms with E-state index >= 15 is 0 Å². The second kappa shape index (κ2) is 5.61. The van der Waals surface area contributed by atoms with Gasteiger partial charge in [0.15, 0.2) is 23.0 Å². The standard InChI is InChI=1S/C14H13BrN4O2/c1-20-10-4-3-9(7-11(10)21-2)17-13-5-6-14-16-8-12(15)19(14)18-13/h3-8H,1-2H3,(H,17,18). The van der Waals surface area contributed by atoms with Crippen molar-refractivity contribution in [3.05, 3.63) is 41.1 Å². The van der Waals surface area contributed by atoms with Gasteiger partial charge in [-0.25, -0.2) is 9.50 Å². The number of rotatable bonds is 4. The Kier molecular flexibility index (Phi) is 3.66. The van der Waals surface area contributed by atoms with Gasteiger partial charge in [0.05, 0.1) is 20.4 Å². The summed E-state index contributed by atoms with van der Waals surface area (Å²) in [6.45, 7) is 0. The van der Waals surface area contributed by atoms with Crippen LogP contribution in [0.3, 0.4) is 0 Å². The molecule has 2 aromatic heterocycles. The molecule has 0 atom stereocenters. The molecule has 6 nitrogen and oxygen atoms in total. The molecule has 0 aliphatic heterocycles. The average molecular weight is 349 g/mol. The first kappa shape index (κ1) is 13.7. The van der Waals surface area contributed by atoms with Crippen LogP contribution in [0, 0.1) is 0 Å². The van der Waals surface area contributed by atoms with Crippen molar-refractivity contribution >= 4 is 33.1 Å². The molecule has 0 aliphatic carbocycles. The molecule has 0 aliphatic rings. The van der Waals surface area contributed by atoms with Crippen LogP contribution in [0.5, 0.6) is 11.5 Å². The fourth-order valence-electron chi connectivity index (χ4n) is 1.97. The maximum absolute atomic E-state index is 5.28. The molecule has 3 aromatic rings. The number of benzene rings is 1. The Morgan fingerprint density at radius 2 is 1.90 bits per heavy atom. The maximum Gasteiger partial charge on any atom is 0.162 e. The summed E-state index contributed by atoms with van der Waals surface area (Å²) in [5.74, 6) is 2.05. The van der Waals surface area contributed by atoms with E-state index in [1.165, 1.54) is 0 Å². The van der Waals surface area contributed by atoms with Crippen LogP contribution >= 0.6 is 15.9 Å². The smallest absolute Gasteiger partial charge is 0.162 e. The van der Waals surface area contributed by atoms with Gasteiger partial charge in [-0.3, -0.25) is 0 Å². The number of nitrogens with zero attached hydrogens (tertiary/aromatic N) is 3. The molecule has 1 aromatic carbocycles. The van der Waals surface area contributed by atoms with E-state index in [1.54, 1.807) is 24.9 Å². The van der Waals surface area contributed by atoms with E-state index in [0.717, 1.165) is 15.9 Å². The minimum Gasteiger partial charge on any atom is -0.493 e. The molecule has 0 radical (unpaired) electrons. The van der Waals surface area contributed by atoms with Gasteiger partial charge in [0.1, 0.15) is 4.60 Å². The molecule has 0 bridgehead atoms. The van der Waals surface area contributed by atoms with Crippen molar-refractivity contribution < 1.29 is 9.47 Å². The zero-order valence-electron chi connectivity index (χ0n) is 11.5. The highest BCUT2D eigenvalue weighted by atomic mass is 79.9. The van der Waals surface area contributed by atoms with E-state index in [1.807, 2.05) is 30.3 Å². The fraction of sp³-hybridized carbons (Fsp3) is 0.143. The topological polar surface area (TPSA) is 60.7 Å². The summed E-state index contributed by atoms with van der Waals surface area (Å²) in [4.78, 5) is 4.21. The summed E-state index contributed by atoms with van der Waals surface area (Å²) in [5.41, 5.74) is 1.63. The fourth-order valence-corrected chi connectivity index (χ4v) is 2.34. The van der Waals surface area contributed by atoms with E-state index < -0.39 is 0 Å². The third-order valence-corrected chi connectivity index (χ3v) is 3.52. The van der Waals surface area contributed by atoms with Gasteiger partial charge in [0.25, 0.3) is 0 Å². The molecule has 7 heteroatoms. The van der Waals surface area contributed by atoms with Crippen molar-refractivity contribution in [3.8, 4) is 11.5 Å². The van der Waals surface area contributed by atoms with E-state index in [2.05, 4.69) is 31.3 Å². The summed E-state index contributed by atoms with van der Waals surface area (Å²) in [7, 11) is 3.21. The minimum absolute atomic E-state index is 0.660. The van der Waals surface area contributed by atoms with Crippen molar-refractivity contribution in [2.24, 2.45) is 0 Å². The van der Waals surface area contributed by atoms with Crippen LogP contribution in [0.2, 0.25) is 0 Å². The van der Waals surface area contributed by atoms with Gasteiger partial charge in [-0.2, -0.15) is 0 Å². The van der Waals surface area contributed by atoms with Crippen LogP contribution in [-0.2, 0) is 0 Å². The van der Waals surface area contributed by atoms with E-state index in [9.17, 15) is 0 Å². The second-order valence-corrected chi connectivity index (χ2v) is 5.08. The van der Waals surface area contributed by atoms with Crippen LogP contribution < -0.4 is 14.8 Å². The molecular weight excluding hydrogens is 336 g/mol. The van der Waals surface area contributed by atoms with Crippen LogP contribution in [0.4, 0.5) is 11.5 Å². The van der Waals surface area contributed by atoms with Gasteiger partial charge in [0.2, 0.25) is 0 Å². The highest BCUT2D eigenvalue weighted by molar-refractivity contribution is 9.10. The molecule has 1 N–H and O–H groups in total. The molecule has 0 amide bonds. The lowest BCUT2D eigenvalue weighted by Gasteiger charge is -2.11. The summed E-state index contributed by atoms with van der Waals surface area (Å²) in [5, 5.41) is 7.68. The first-order chi connectivity index (χ1) is 10.2. The molecule has 0 saturated carbocycles. The lowest BCUT2D eigenvalue weighted by molar-refractivity contribution is 0.355. The number of hydrogen-bond donors (Lipinski definition) is 1. The number of imidazole rings is 1. The zero-order chi connectivity index (χ0) is 14.8. The van der Waals surface area contributed by atoms with Crippen LogP contribution in [0.15, 0.2) is 41.1 Å². The molecule has 108 valence electrons. The van der Waals surface area contributed by atoms with Crippen molar-refractivity contribution in [2.45, 2.75) is 0 Å². The zero-order valence-corrected chi connectivity index (χ0v) is 13.1. The quantitative estimate of drug-likeness (QED) is 0.784. The Bertz CT molecular complexity index is 788. The summed E-state index contributed by atoms with van der Waals surface area (Å²) >= 11 is 3.40. The number of ether oxygens (including phenoxy) is 2. The number of hydrogen-bond acceptors (Lipinski definition) is 5. The Labute approximate surface area is 129 Å². The van der Waals surface area contributed by atoms with Crippen molar-refractivity contribution in [3.63, 3.8) is 0 Å². The van der Waals surface area contributed by atoms with Crippen LogP contribution in [0.25, 0.3) is 5.65 Å². The van der Waals surface area contributed by atoms with Gasteiger partial charge >= 0.3 is 0 Å². The lowest BCUT2D eigenvalue weighted by atomic mass is 10.2. The highest BCUT2D eigenvalue weighted by Crippen LogP contribution is 2.30. The normalized spacial score (nSPS) is 10.6. The SMILES string of the molecule is COc1ccc(Nc2ccc3ncc(Br)n3n2)cc1OC. The van der Waals surface area contributed by atoms with Gasteiger partial charge in [-0.05, 0) is 40.2 Å². The van der Waals surface area contributed by atoms with Crippen LogP contribution in [0.1, 0.15) is 0 Å². The van der Waals surface area contributed by atoms with E-state index in [-0.39, 0.29) is 0 Å². The van der Waals surface area contributed by atoms with Crippen molar-refractivity contribution in [1.29, 1.82) is 0 Å². The largest absolute Gasteiger partial charge is 0.493 e. The van der Waals surface area contributed by atoms with E-state index in [4.69, 9.17) is 9.47 Å². The summed E-state index contributed by atoms with van der Waals surface area (Å²) in [6.07, 6.45) is 1.71. The highest BCUT2D eigenvalue weighted by Gasteiger charge is 2.07. The number of anilines is 2. The van der Waals surface area contributed by atoms with Gasteiger partial charge in [-0.15, -0.1) is 5.10 Å². The lowest BCUT2D eigenvalue weighted by Crippen LogP contribution is -1.99. The van der Waals surface area contributed by atoms with Gasteiger partial charge < -0.3 is 14.8 Å². The molecule has 2 heterocycles. The molecule has 21 heavy (non-hydrogen) atoms. The predicted molar refractivity (Wildman–Crippen MR) is 83.5 cm³/mol. The van der Waals surface area contributed by atoms with Crippen LogP contribution in [-0.4, -0.2) is 28.8 Å². The monoisotopic (exact) mass is 348 g/mol.